The van der Waals surface area contributed by atoms with E-state index in [-0.39, 0.29) is 0 Å². The van der Waals surface area contributed by atoms with E-state index in [1.165, 1.54) is 7.11 Å². The lowest BCUT2D eigenvalue weighted by Gasteiger charge is -2.14. The summed E-state index contributed by atoms with van der Waals surface area (Å²) in [7, 11) is 1.21. The number of nitro groups is 1. The number of carbonyl (C=O) groups excluding carboxylic acids is 1. The van der Waals surface area contributed by atoms with Gasteiger partial charge in [0.25, 0.3) is 4.95 Å². The average Bonchev–Trinajstić information content (AvgIpc) is 2.36. The zero-order valence-electron chi connectivity index (χ0n) is 9.83. The van der Waals surface area contributed by atoms with Crippen LogP contribution in [0, 0.1) is 17.0 Å². The number of rotatable bonds is 5. The van der Waals surface area contributed by atoms with Crippen molar-refractivity contribution >= 4 is 33.7 Å². The maximum absolute atomic E-state index is 11.6. The molecular weight excluding hydrogens is 322 g/mol. The van der Waals surface area contributed by atoms with Gasteiger partial charge in [-0.2, -0.15) is 0 Å². The number of aryl methyl sites for hydroxylation is 1. The molecule has 0 saturated heterocycles. The number of halogens is 1. The number of carbonyl (C=O) groups is 1. The summed E-state index contributed by atoms with van der Waals surface area (Å²) < 4.78 is 4.59. The van der Waals surface area contributed by atoms with Crippen molar-refractivity contribution < 1.29 is 14.5 Å². The molecule has 0 spiro atoms. The monoisotopic (exact) mass is 333 g/mol. The van der Waals surface area contributed by atoms with E-state index in [0.29, 0.717) is 0 Å². The van der Waals surface area contributed by atoms with Gasteiger partial charge in [0, 0.05) is 9.82 Å². The molecule has 2 atom stereocenters. The number of benzene rings is 1. The Balaban J connectivity index is 2.88. The van der Waals surface area contributed by atoms with Crippen molar-refractivity contribution in [2.24, 2.45) is 0 Å². The first-order valence-electron chi connectivity index (χ1n) is 5.04. The Morgan fingerprint density at radius 2 is 2.00 bits per heavy atom. The summed E-state index contributed by atoms with van der Waals surface area (Å²) in [4.78, 5) is 21.3. The van der Waals surface area contributed by atoms with Crippen molar-refractivity contribution in [3.8, 4) is 0 Å². The van der Waals surface area contributed by atoms with Crippen molar-refractivity contribution in [3.05, 3.63) is 39.9 Å². The molecule has 0 aliphatic heterocycles. The third-order valence-electron chi connectivity index (χ3n) is 2.17. The maximum Gasteiger partial charge on any atom is 0.327 e. The van der Waals surface area contributed by atoms with Crippen LogP contribution >= 0.6 is 27.7 Å². The summed E-state index contributed by atoms with van der Waals surface area (Å²) in [6.45, 7) is 1.94. The molecule has 0 bridgehead atoms. The predicted octanol–water partition coefficient (Wildman–Crippen LogP) is 2.63. The molecule has 2 unspecified atom stereocenters. The molecule has 1 rings (SSSR count). The fraction of sp³-hybridized carbons (Fsp3) is 0.364. The fourth-order valence-corrected chi connectivity index (χ4v) is 2.74. The number of hydrogen-bond acceptors (Lipinski definition) is 5. The van der Waals surface area contributed by atoms with Crippen LogP contribution in [-0.2, 0) is 9.53 Å². The first-order chi connectivity index (χ1) is 8.45. The SMILES string of the molecule is COC(=O)C(Sc1ccc(C)cc1)C(Br)[N+](=O)[O-]. The molecule has 0 saturated carbocycles. The van der Waals surface area contributed by atoms with Gasteiger partial charge in [-0.15, -0.1) is 11.8 Å². The molecule has 0 fully saturated rings. The standard InChI is InChI=1S/C11H12BrNO4S/c1-7-3-5-8(6-4-7)18-9(11(14)17-2)10(12)13(15)16/h3-6,9-10H,1-2H3. The van der Waals surface area contributed by atoms with Crippen LogP contribution in [0.25, 0.3) is 0 Å². The van der Waals surface area contributed by atoms with Crippen molar-refractivity contribution in [3.63, 3.8) is 0 Å². The smallest absolute Gasteiger partial charge is 0.327 e. The zero-order chi connectivity index (χ0) is 13.7. The van der Waals surface area contributed by atoms with E-state index < -0.39 is 21.1 Å². The zero-order valence-corrected chi connectivity index (χ0v) is 12.2. The number of methoxy groups -OCH3 is 1. The van der Waals surface area contributed by atoms with Crippen LogP contribution in [0.3, 0.4) is 0 Å². The van der Waals surface area contributed by atoms with Gasteiger partial charge in [-0.3, -0.25) is 14.9 Å². The van der Waals surface area contributed by atoms with Crippen molar-refractivity contribution in [1.82, 2.24) is 0 Å². The second-order valence-electron chi connectivity index (χ2n) is 3.53. The van der Waals surface area contributed by atoms with Crippen LogP contribution in [0.4, 0.5) is 0 Å². The number of nitrogens with zero attached hydrogens (tertiary/aromatic N) is 1. The second-order valence-corrected chi connectivity index (χ2v) is 5.69. The summed E-state index contributed by atoms with van der Waals surface area (Å²) in [6.07, 6.45) is 0. The number of ether oxygens (including phenoxy) is 1. The summed E-state index contributed by atoms with van der Waals surface area (Å²) in [5.74, 6) is -0.626. The Morgan fingerprint density at radius 1 is 1.44 bits per heavy atom. The largest absolute Gasteiger partial charge is 0.468 e. The molecule has 0 heterocycles. The number of alkyl halides is 1. The predicted molar refractivity (Wildman–Crippen MR) is 72.5 cm³/mol. The van der Waals surface area contributed by atoms with Crippen LogP contribution in [-0.4, -0.2) is 28.2 Å². The molecular formula is C11H12BrNO4S. The molecule has 0 amide bonds. The Bertz CT molecular complexity index is 437. The Kier molecular flexibility index (Phi) is 5.61. The normalized spacial score (nSPS) is 13.7. The minimum atomic E-state index is -1.18. The van der Waals surface area contributed by atoms with Gasteiger partial charge in [-0.25, -0.2) is 0 Å². The van der Waals surface area contributed by atoms with Crippen molar-refractivity contribution in [2.75, 3.05) is 7.11 Å². The van der Waals surface area contributed by atoms with Crippen LogP contribution in [0.1, 0.15) is 5.56 Å². The lowest BCUT2D eigenvalue weighted by Crippen LogP contribution is -2.33. The quantitative estimate of drug-likeness (QED) is 0.207. The van der Waals surface area contributed by atoms with E-state index in [1.54, 1.807) is 0 Å². The van der Waals surface area contributed by atoms with Gasteiger partial charge in [0.2, 0.25) is 0 Å². The minimum absolute atomic E-state index is 0.553. The Morgan fingerprint density at radius 3 is 2.44 bits per heavy atom. The van der Waals surface area contributed by atoms with Gasteiger partial charge in [0.1, 0.15) is 0 Å². The molecule has 18 heavy (non-hydrogen) atoms. The highest BCUT2D eigenvalue weighted by atomic mass is 79.9. The Hall–Kier alpha value is -1.08. The van der Waals surface area contributed by atoms with Gasteiger partial charge in [-0.1, -0.05) is 17.7 Å². The average molecular weight is 334 g/mol. The third-order valence-corrected chi connectivity index (χ3v) is 4.63. The summed E-state index contributed by atoms with van der Waals surface area (Å²) in [6, 6.07) is 7.39. The summed E-state index contributed by atoms with van der Waals surface area (Å²) in [5.41, 5.74) is 1.08. The van der Waals surface area contributed by atoms with E-state index >= 15 is 0 Å². The molecule has 1 aromatic carbocycles. The first-order valence-corrected chi connectivity index (χ1v) is 6.84. The summed E-state index contributed by atoms with van der Waals surface area (Å²) in [5, 5.41) is 9.82. The highest BCUT2D eigenvalue weighted by Crippen LogP contribution is 2.29. The lowest BCUT2D eigenvalue weighted by atomic mass is 10.2. The molecule has 1 aromatic rings. The molecule has 98 valence electrons. The van der Waals surface area contributed by atoms with Crippen molar-refractivity contribution in [2.45, 2.75) is 22.0 Å². The van der Waals surface area contributed by atoms with Gasteiger partial charge < -0.3 is 4.74 Å². The van der Waals surface area contributed by atoms with E-state index in [9.17, 15) is 14.9 Å². The van der Waals surface area contributed by atoms with Crippen LogP contribution in [0.5, 0.6) is 0 Å². The number of esters is 1. The molecule has 0 aliphatic carbocycles. The molecule has 0 aromatic heterocycles. The van der Waals surface area contributed by atoms with Gasteiger partial charge in [0.15, 0.2) is 5.25 Å². The van der Waals surface area contributed by atoms with E-state index in [4.69, 9.17) is 0 Å². The second kappa shape index (κ2) is 6.75. The van der Waals surface area contributed by atoms with Crippen molar-refractivity contribution in [1.29, 1.82) is 0 Å². The van der Waals surface area contributed by atoms with E-state index in [0.717, 1.165) is 22.2 Å². The molecule has 0 radical (unpaired) electrons. The molecule has 5 nitrogen and oxygen atoms in total. The van der Waals surface area contributed by atoms with E-state index in [2.05, 4.69) is 20.7 Å². The van der Waals surface area contributed by atoms with Crippen LogP contribution in [0.2, 0.25) is 0 Å². The minimum Gasteiger partial charge on any atom is -0.468 e. The van der Waals surface area contributed by atoms with Gasteiger partial charge >= 0.3 is 5.97 Å². The Labute approximate surface area is 117 Å². The third kappa shape index (κ3) is 3.99. The van der Waals surface area contributed by atoms with Crippen LogP contribution < -0.4 is 0 Å². The lowest BCUT2D eigenvalue weighted by molar-refractivity contribution is -0.490. The van der Waals surface area contributed by atoms with Gasteiger partial charge in [0.05, 0.1) is 7.11 Å². The molecule has 0 aliphatic rings. The summed E-state index contributed by atoms with van der Waals surface area (Å²) >= 11 is 4.00. The van der Waals surface area contributed by atoms with Crippen LogP contribution in [0.15, 0.2) is 29.2 Å². The molecule has 0 N–H and O–H groups in total. The topological polar surface area (TPSA) is 69.4 Å². The number of hydrogen-bond donors (Lipinski definition) is 0. The first kappa shape index (κ1) is 15.0. The van der Waals surface area contributed by atoms with E-state index in [1.807, 2.05) is 31.2 Å². The van der Waals surface area contributed by atoms with Gasteiger partial charge in [-0.05, 0) is 35.0 Å². The molecule has 7 heteroatoms. The fourth-order valence-electron chi connectivity index (χ4n) is 1.21. The highest BCUT2D eigenvalue weighted by molar-refractivity contribution is 9.09. The number of thioether (sulfide) groups is 1. The maximum atomic E-state index is 11.6. The highest BCUT2D eigenvalue weighted by Gasteiger charge is 2.36.